The molecule has 32 heavy (non-hydrogen) atoms. The maximum Gasteiger partial charge on any atom is 0.0572 e. The molecule has 0 atom stereocenters. The number of allylic oxidation sites excluding steroid dienone is 2. The lowest BCUT2D eigenvalue weighted by Gasteiger charge is -2.10. The van der Waals surface area contributed by atoms with E-state index in [1.807, 2.05) is 29.9 Å². The van der Waals surface area contributed by atoms with Crippen LogP contribution in [0, 0.1) is 6.92 Å². The van der Waals surface area contributed by atoms with Gasteiger partial charge in [-0.05, 0) is 62.6 Å². The van der Waals surface area contributed by atoms with Gasteiger partial charge in [-0.3, -0.25) is 9.99 Å². The molecular weight excluding hydrogens is 527 g/mol. The van der Waals surface area contributed by atoms with Crippen molar-refractivity contribution < 1.29 is 0 Å². The quantitative estimate of drug-likeness (QED) is 0.154. The first kappa shape index (κ1) is 25.0. The third-order valence-corrected chi connectivity index (χ3v) is 7.22. The number of nitrogens with zero attached hydrogens (tertiary/aromatic N) is 4. The largest absolute Gasteiger partial charge is 0.339 e. The second kappa shape index (κ2) is 12.0. The smallest absolute Gasteiger partial charge is 0.0572 e. The highest BCUT2D eigenvalue weighted by Gasteiger charge is 2.17. The summed E-state index contributed by atoms with van der Waals surface area (Å²) in [6.45, 7) is 9.77. The zero-order valence-corrected chi connectivity index (χ0v) is 22.7. The van der Waals surface area contributed by atoms with Crippen molar-refractivity contribution in [1.82, 2.24) is 14.6 Å². The lowest BCUT2D eigenvalue weighted by Crippen LogP contribution is -2.11. The zero-order valence-electron chi connectivity index (χ0n) is 19.5. The van der Waals surface area contributed by atoms with Crippen LogP contribution in [0.4, 0.5) is 0 Å². The summed E-state index contributed by atoms with van der Waals surface area (Å²) in [5.74, 6) is 0. The van der Waals surface area contributed by atoms with Crippen LogP contribution in [0.3, 0.4) is 0 Å². The summed E-state index contributed by atoms with van der Waals surface area (Å²) in [5.41, 5.74) is 6.66. The van der Waals surface area contributed by atoms with Crippen LogP contribution in [0.25, 0.3) is 16.5 Å². The van der Waals surface area contributed by atoms with Gasteiger partial charge in [0.15, 0.2) is 0 Å². The van der Waals surface area contributed by atoms with Crippen LogP contribution in [0.1, 0.15) is 74.1 Å². The zero-order chi connectivity index (χ0) is 21.6. The number of pyridine rings is 1. The summed E-state index contributed by atoms with van der Waals surface area (Å²) in [7, 11) is 0. The summed E-state index contributed by atoms with van der Waals surface area (Å²) >= 11 is 1.82. The number of hydrazone groups is 1. The molecule has 4 heterocycles. The van der Waals surface area contributed by atoms with Gasteiger partial charge in [0.05, 0.1) is 18.3 Å². The van der Waals surface area contributed by atoms with E-state index in [4.69, 9.17) is 0 Å². The van der Waals surface area contributed by atoms with E-state index in [0.717, 1.165) is 26.1 Å². The molecule has 0 amide bonds. The lowest BCUT2D eigenvalue weighted by atomic mass is 9.97. The number of rotatable bonds is 9. The molecule has 3 aromatic heterocycles. The molecule has 0 radical (unpaired) electrons. The number of unbranched alkanes of at least 4 members (excludes halogenated alkanes) is 2. The molecule has 4 rings (SSSR count). The van der Waals surface area contributed by atoms with Crippen molar-refractivity contribution in [3.8, 4) is 0 Å². The van der Waals surface area contributed by atoms with E-state index in [2.05, 4.69) is 64.0 Å². The summed E-state index contributed by atoms with van der Waals surface area (Å²) < 4.78 is 2.46. The van der Waals surface area contributed by atoms with E-state index in [-0.39, 0.29) is 24.0 Å². The van der Waals surface area contributed by atoms with E-state index in [9.17, 15) is 0 Å². The summed E-state index contributed by atoms with van der Waals surface area (Å²) in [6, 6.07) is 4.45. The average molecular weight is 563 g/mol. The summed E-state index contributed by atoms with van der Waals surface area (Å²) in [5, 5.41) is 10.3. The Hall–Kier alpha value is -1.67. The van der Waals surface area contributed by atoms with Crippen LogP contribution >= 0.6 is 35.3 Å². The van der Waals surface area contributed by atoms with Crippen LogP contribution < -0.4 is 0 Å². The van der Waals surface area contributed by atoms with Crippen molar-refractivity contribution in [2.24, 2.45) is 5.10 Å². The number of fused-ring (bicyclic) bond motifs is 1. The lowest BCUT2D eigenvalue weighted by molar-refractivity contribution is 0.362. The molecular formula is C26H35IN4S. The van der Waals surface area contributed by atoms with Gasteiger partial charge in [-0.25, -0.2) is 0 Å². The Bertz CT molecular complexity index is 1070. The molecule has 0 spiro atoms. The van der Waals surface area contributed by atoms with Gasteiger partial charge in [-0.1, -0.05) is 25.8 Å². The monoisotopic (exact) mass is 562 g/mol. The molecule has 0 bridgehead atoms. The second-order valence-electron chi connectivity index (χ2n) is 8.46. The van der Waals surface area contributed by atoms with E-state index in [1.54, 1.807) is 0 Å². The van der Waals surface area contributed by atoms with Crippen LogP contribution in [-0.4, -0.2) is 33.9 Å². The van der Waals surface area contributed by atoms with Gasteiger partial charge < -0.3 is 4.57 Å². The molecule has 0 saturated carbocycles. The third-order valence-electron chi connectivity index (χ3n) is 6.28. The van der Waals surface area contributed by atoms with Crippen LogP contribution in [0.15, 0.2) is 41.1 Å². The Morgan fingerprint density at radius 1 is 1.25 bits per heavy atom. The van der Waals surface area contributed by atoms with Crippen molar-refractivity contribution >= 4 is 58.0 Å². The molecule has 6 heteroatoms. The number of aromatic nitrogens is 2. The van der Waals surface area contributed by atoms with Crippen molar-refractivity contribution in [2.75, 3.05) is 13.1 Å². The Labute approximate surface area is 213 Å². The fraction of sp³-hybridized carbons (Fsp3) is 0.462. The van der Waals surface area contributed by atoms with Crippen molar-refractivity contribution in [3.05, 3.63) is 57.7 Å². The van der Waals surface area contributed by atoms with Crippen molar-refractivity contribution in [1.29, 1.82) is 0 Å². The molecule has 0 N–H and O–H groups in total. The molecule has 3 aromatic rings. The SMILES string of the molecule is CC=C(CCCCC)c1c(C)n(Cc2cc(C=NN3CCCC3)cs2)c2ccncc12.I. The fourth-order valence-electron chi connectivity index (χ4n) is 4.58. The first-order valence-electron chi connectivity index (χ1n) is 11.7. The number of hydrogen-bond acceptors (Lipinski definition) is 4. The maximum atomic E-state index is 4.65. The number of hydrogen-bond donors (Lipinski definition) is 0. The van der Waals surface area contributed by atoms with E-state index >= 15 is 0 Å². The van der Waals surface area contributed by atoms with Gasteiger partial charge in [-0.15, -0.1) is 35.3 Å². The standard InChI is InChI=1S/C26H34N4S.HI/c1-4-6-7-10-22(5-2)26-20(3)30(25-11-12-27-17-24(25)26)18-23-15-21(19-31-23)16-28-29-13-8-9-14-29;/h5,11-12,15-17,19H,4,6-10,13-14,18H2,1-3H3;1H. The Kier molecular flexibility index (Phi) is 9.34. The van der Waals surface area contributed by atoms with Gasteiger partial charge in [0.25, 0.3) is 0 Å². The van der Waals surface area contributed by atoms with E-state index in [0.29, 0.717) is 0 Å². The minimum absolute atomic E-state index is 0. The first-order valence-corrected chi connectivity index (χ1v) is 12.5. The van der Waals surface area contributed by atoms with Crippen LogP contribution in [-0.2, 0) is 6.54 Å². The van der Waals surface area contributed by atoms with Gasteiger partial charge in [-0.2, -0.15) is 5.10 Å². The summed E-state index contributed by atoms with van der Waals surface area (Å²) in [6.07, 6.45) is 15.7. The van der Waals surface area contributed by atoms with Crippen LogP contribution in [0.2, 0.25) is 0 Å². The van der Waals surface area contributed by atoms with E-state index in [1.165, 1.54) is 70.3 Å². The van der Waals surface area contributed by atoms with E-state index < -0.39 is 0 Å². The molecule has 1 saturated heterocycles. The Morgan fingerprint density at radius 2 is 2.06 bits per heavy atom. The molecule has 1 fully saturated rings. The molecule has 0 aromatic carbocycles. The molecule has 172 valence electrons. The first-order chi connectivity index (χ1) is 15.2. The van der Waals surface area contributed by atoms with Crippen molar-refractivity contribution in [2.45, 2.75) is 65.8 Å². The number of halogens is 1. The maximum absolute atomic E-state index is 4.65. The fourth-order valence-corrected chi connectivity index (χ4v) is 5.41. The highest BCUT2D eigenvalue weighted by molar-refractivity contribution is 14.0. The van der Waals surface area contributed by atoms with Gasteiger partial charge in [0, 0.05) is 52.6 Å². The molecule has 0 aliphatic carbocycles. The average Bonchev–Trinajstić information content (AvgIpc) is 3.52. The van der Waals surface area contributed by atoms with Gasteiger partial charge >= 0.3 is 0 Å². The number of thiophene rings is 1. The molecule has 4 nitrogen and oxygen atoms in total. The minimum atomic E-state index is 0. The molecule has 1 aliphatic heterocycles. The predicted molar refractivity (Wildman–Crippen MR) is 149 cm³/mol. The normalized spacial score (nSPS) is 14.6. The van der Waals surface area contributed by atoms with Gasteiger partial charge in [0.2, 0.25) is 0 Å². The highest BCUT2D eigenvalue weighted by Crippen LogP contribution is 2.34. The Balaban J connectivity index is 0.00000289. The minimum Gasteiger partial charge on any atom is -0.339 e. The Morgan fingerprint density at radius 3 is 2.81 bits per heavy atom. The third kappa shape index (κ3) is 5.63. The summed E-state index contributed by atoms with van der Waals surface area (Å²) in [4.78, 5) is 5.81. The predicted octanol–water partition coefficient (Wildman–Crippen LogP) is 7.49. The molecule has 0 unspecified atom stereocenters. The van der Waals surface area contributed by atoms with Crippen LogP contribution in [0.5, 0.6) is 0 Å². The van der Waals surface area contributed by atoms with Gasteiger partial charge in [0.1, 0.15) is 0 Å². The van der Waals surface area contributed by atoms with Crippen molar-refractivity contribution in [3.63, 3.8) is 0 Å². The topological polar surface area (TPSA) is 33.4 Å². The second-order valence-corrected chi connectivity index (χ2v) is 9.46. The highest BCUT2D eigenvalue weighted by atomic mass is 127. The molecule has 1 aliphatic rings.